The average molecular weight is 319 g/mol. The molecule has 0 saturated carbocycles. The van der Waals surface area contributed by atoms with Crippen molar-refractivity contribution in [1.29, 1.82) is 0 Å². The number of rotatable bonds is 3. The molecule has 1 atom stereocenters. The molecule has 1 aromatic carbocycles. The summed E-state index contributed by atoms with van der Waals surface area (Å²) in [6, 6.07) is 3.88. The first-order valence-corrected chi connectivity index (χ1v) is 7.92. The van der Waals surface area contributed by atoms with Crippen molar-refractivity contribution in [3.63, 3.8) is 0 Å². The highest BCUT2D eigenvalue weighted by Gasteiger charge is 2.38. The molecule has 0 spiro atoms. The molecule has 20 heavy (non-hydrogen) atoms. The molecule has 0 radical (unpaired) electrons. The number of sulfonamides is 1. The standard InChI is InChI=1S/C12H15ClN2O4S/c1-12(5-2-6-19-12)11(16)15-10-7-8(20(14,17)18)3-4-9(10)13/h3-4,7H,2,5-6H2,1H3,(H,15,16)(H2,14,17,18). The second kappa shape index (κ2) is 5.33. The molecule has 1 amide bonds. The number of anilines is 1. The fourth-order valence-electron chi connectivity index (χ4n) is 1.99. The Morgan fingerprint density at radius 1 is 1.50 bits per heavy atom. The van der Waals surface area contributed by atoms with Gasteiger partial charge in [0.2, 0.25) is 10.0 Å². The maximum atomic E-state index is 12.2. The predicted octanol–water partition coefficient (Wildman–Crippen LogP) is 1.50. The molecule has 0 bridgehead atoms. The molecule has 1 saturated heterocycles. The Morgan fingerprint density at radius 3 is 2.75 bits per heavy atom. The van der Waals surface area contributed by atoms with Crippen LogP contribution in [0.1, 0.15) is 19.8 Å². The van der Waals surface area contributed by atoms with Crippen LogP contribution in [0.25, 0.3) is 0 Å². The highest BCUT2D eigenvalue weighted by atomic mass is 35.5. The van der Waals surface area contributed by atoms with Gasteiger partial charge in [-0.1, -0.05) is 11.6 Å². The summed E-state index contributed by atoms with van der Waals surface area (Å²) in [5, 5.41) is 7.86. The number of carbonyl (C=O) groups is 1. The molecule has 110 valence electrons. The molecule has 0 aromatic heterocycles. The lowest BCUT2D eigenvalue weighted by Crippen LogP contribution is -2.39. The van der Waals surface area contributed by atoms with Crippen molar-refractivity contribution in [1.82, 2.24) is 0 Å². The van der Waals surface area contributed by atoms with Crippen molar-refractivity contribution in [2.24, 2.45) is 5.14 Å². The van der Waals surface area contributed by atoms with E-state index in [9.17, 15) is 13.2 Å². The average Bonchev–Trinajstić information content (AvgIpc) is 2.79. The maximum Gasteiger partial charge on any atom is 0.256 e. The number of ether oxygens (including phenoxy) is 1. The van der Waals surface area contributed by atoms with Gasteiger partial charge in [0.25, 0.3) is 5.91 Å². The van der Waals surface area contributed by atoms with E-state index in [1.807, 2.05) is 0 Å². The number of primary sulfonamides is 1. The highest BCUT2D eigenvalue weighted by Crippen LogP contribution is 2.29. The molecule has 1 fully saturated rings. The minimum Gasteiger partial charge on any atom is -0.365 e. The third-order valence-corrected chi connectivity index (χ3v) is 4.45. The molecule has 6 nitrogen and oxygen atoms in total. The van der Waals surface area contributed by atoms with Crippen molar-refractivity contribution >= 4 is 33.2 Å². The number of carbonyl (C=O) groups excluding carboxylic acids is 1. The fraction of sp³-hybridized carbons (Fsp3) is 0.417. The van der Waals surface area contributed by atoms with Crippen molar-refractivity contribution in [3.05, 3.63) is 23.2 Å². The van der Waals surface area contributed by atoms with Crippen LogP contribution in [0.15, 0.2) is 23.1 Å². The maximum absolute atomic E-state index is 12.2. The largest absolute Gasteiger partial charge is 0.365 e. The number of amides is 1. The van der Waals surface area contributed by atoms with Crippen LogP contribution < -0.4 is 10.5 Å². The first kappa shape index (κ1) is 15.2. The summed E-state index contributed by atoms with van der Waals surface area (Å²) >= 11 is 5.95. The molecule has 1 aliphatic rings. The smallest absolute Gasteiger partial charge is 0.256 e. The topological polar surface area (TPSA) is 98.5 Å². The summed E-state index contributed by atoms with van der Waals surface area (Å²) < 4.78 is 28.0. The van der Waals surface area contributed by atoms with Gasteiger partial charge in [0.05, 0.1) is 15.6 Å². The number of halogens is 1. The van der Waals surface area contributed by atoms with Gasteiger partial charge in [-0.2, -0.15) is 0 Å². The Morgan fingerprint density at radius 2 is 2.20 bits per heavy atom. The van der Waals surface area contributed by atoms with Gasteiger partial charge >= 0.3 is 0 Å². The number of nitrogens with one attached hydrogen (secondary N) is 1. The van der Waals surface area contributed by atoms with Gasteiger partial charge < -0.3 is 10.1 Å². The molecular formula is C12H15ClN2O4S. The predicted molar refractivity (Wildman–Crippen MR) is 75.0 cm³/mol. The van der Waals surface area contributed by atoms with E-state index in [1.165, 1.54) is 18.2 Å². The summed E-state index contributed by atoms with van der Waals surface area (Å²) in [5.74, 6) is -0.358. The van der Waals surface area contributed by atoms with Crippen molar-refractivity contribution < 1.29 is 17.9 Å². The lowest BCUT2D eigenvalue weighted by Gasteiger charge is -2.22. The van der Waals surface area contributed by atoms with Crippen molar-refractivity contribution in [3.8, 4) is 0 Å². The van der Waals surface area contributed by atoms with Crippen LogP contribution in [0.2, 0.25) is 5.02 Å². The zero-order valence-corrected chi connectivity index (χ0v) is 12.4. The lowest BCUT2D eigenvalue weighted by molar-refractivity contribution is -0.133. The van der Waals surface area contributed by atoms with Gasteiger partial charge in [-0.15, -0.1) is 0 Å². The van der Waals surface area contributed by atoms with E-state index < -0.39 is 15.6 Å². The Bertz CT molecular complexity index is 639. The number of nitrogens with two attached hydrogens (primary N) is 1. The normalized spacial score (nSPS) is 22.8. The van der Waals surface area contributed by atoms with Crippen LogP contribution in [0.4, 0.5) is 5.69 Å². The molecule has 0 aliphatic carbocycles. The lowest BCUT2D eigenvalue weighted by atomic mass is 10.0. The Hall–Kier alpha value is -1.15. The molecule has 1 aliphatic heterocycles. The van der Waals surface area contributed by atoms with Crippen molar-refractivity contribution in [2.75, 3.05) is 11.9 Å². The quantitative estimate of drug-likeness (QED) is 0.882. The number of hydrogen-bond donors (Lipinski definition) is 2. The van der Waals surface area contributed by atoms with Crippen LogP contribution in [0.3, 0.4) is 0 Å². The van der Waals surface area contributed by atoms with Crippen LogP contribution >= 0.6 is 11.6 Å². The van der Waals surface area contributed by atoms with E-state index in [4.69, 9.17) is 21.5 Å². The first-order chi connectivity index (χ1) is 9.22. The van der Waals surface area contributed by atoms with E-state index in [0.717, 1.165) is 6.42 Å². The molecule has 1 heterocycles. The summed E-state index contributed by atoms with van der Waals surface area (Å²) in [4.78, 5) is 12.1. The summed E-state index contributed by atoms with van der Waals surface area (Å²) in [7, 11) is -3.85. The van der Waals surface area contributed by atoms with Crippen LogP contribution in [-0.2, 0) is 19.6 Å². The third kappa shape index (κ3) is 3.12. The number of benzene rings is 1. The van der Waals surface area contributed by atoms with E-state index in [0.29, 0.717) is 13.0 Å². The van der Waals surface area contributed by atoms with Gasteiger partial charge in [0, 0.05) is 6.61 Å². The fourth-order valence-corrected chi connectivity index (χ4v) is 2.69. The molecule has 8 heteroatoms. The minimum absolute atomic E-state index is 0.116. The first-order valence-electron chi connectivity index (χ1n) is 6.00. The monoisotopic (exact) mass is 318 g/mol. The second-order valence-corrected chi connectivity index (χ2v) is 6.79. The van der Waals surface area contributed by atoms with Crippen molar-refractivity contribution in [2.45, 2.75) is 30.3 Å². The Kier molecular flexibility index (Phi) is 4.06. The third-order valence-electron chi connectivity index (χ3n) is 3.21. The summed E-state index contributed by atoms with van der Waals surface area (Å²) in [6.45, 7) is 2.21. The van der Waals surface area contributed by atoms with Gasteiger partial charge in [-0.25, -0.2) is 13.6 Å². The zero-order chi connectivity index (χ0) is 15.0. The van der Waals surface area contributed by atoms with Gasteiger partial charge in [-0.3, -0.25) is 4.79 Å². The molecule has 1 aromatic rings. The summed E-state index contributed by atoms with van der Waals surface area (Å²) in [5.41, 5.74) is -0.721. The second-order valence-electron chi connectivity index (χ2n) is 4.82. The summed E-state index contributed by atoms with van der Waals surface area (Å²) in [6.07, 6.45) is 1.40. The molecular weight excluding hydrogens is 304 g/mol. The van der Waals surface area contributed by atoms with E-state index in [1.54, 1.807) is 6.92 Å². The molecule has 2 rings (SSSR count). The van der Waals surface area contributed by atoms with E-state index in [2.05, 4.69) is 5.32 Å². The minimum atomic E-state index is -3.85. The Labute approximate surface area is 122 Å². The van der Waals surface area contributed by atoms with E-state index in [-0.39, 0.29) is 21.5 Å². The van der Waals surface area contributed by atoms with Crippen LogP contribution in [-0.4, -0.2) is 26.5 Å². The molecule has 1 unspecified atom stereocenters. The van der Waals surface area contributed by atoms with Gasteiger partial charge in [0.15, 0.2) is 0 Å². The Balaban J connectivity index is 2.27. The van der Waals surface area contributed by atoms with Crippen LogP contribution in [0, 0.1) is 0 Å². The molecule has 3 N–H and O–H groups in total. The van der Waals surface area contributed by atoms with Gasteiger partial charge in [0.1, 0.15) is 5.60 Å². The van der Waals surface area contributed by atoms with Gasteiger partial charge in [-0.05, 0) is 38.0 Å². The SMILES string of the molecule is CC1(C(=O)Nc2cc(S(N)(=O)=O)ccc2Cl)CCCO1. The number of hydrogen-bond acceptors (Lipinski definition) is 4. The zero-order valence-electron chi connectivity index (χ0n) is 10.8. The highest BCUT2D eigenvalue weighted by molar-refractivity contribution is 7.89. The van der Waals surface area contributed by atoms with E-state index >= 15 is 0 Å². The van der Waals surface area contributed by atoms with Crippen LogP contribution in [0.5, 0.6) is 0 Å².